The van der Waals surface area contributed by atoms with Gasteiger partial charge < -0.3 is 0 Å². The highest BCUT2D eigenvalue weighted by Crippen LogP contribution is 2.23. The van der Waals surface area contributed by atoms with Crippen molar-refractivity contribution in [2.45, 2.75) is 19.4 Å². The van der Waals surface area contributed by atoms with E-state index in [0.29, 0.717) is 0 Å². The van der Waals surface area contributed by atoms with E-state index in [4.69, 9.17) is 0 Å². The van der Waals surface area contributed by atoms with Crippen LogP contribution in [-0.4, -0.2) is 29.4 Å². The van der Waals surface area contributed by atoms with E-state index in [9.17, 15) is 0 Å². The third kappa shape index (κ3) is 2.24. The van der Waals surface area contributed by atoms with Gasteiger partial charge in [0.25, 0.3) is 0 Å². The van der Waals surface area contributed by atoms with E-state index in [0.717, 1.165) is 32.7 Å². The van der Waals surface area contributed by atoms with Crippen LogP contribution < -0.4 is 0 Å². The Balaban J connectivity index is 1.72. The minimum atomic E-state index is 0.172. The molecule has 4 rings (SSSR count). The fourth-order valence-corrected chi connectivity index (χ4v) is 3.35. The molecule has 8 heteroatoms. The predicted octanol–water partition coefficient (Wildman–Crippen LogP) is 3.10. The Hall–Kier alpha value is -1.80. The van der Waals surface area contributed by atoms with Crippen molar-refractivity contribution in [3.8, 4) is 0 Å². The molecule has 106 valence electrons. The Labute approximate surface area is 132 Å². The van der Waals surface area contributed by atoms with Crippen molar-refractivity contribution in [2.75, 3.05) is 0 Å². The summed E-state index contributed by atoms with van der Waals surface area (Å²) in [5.41, 5.74) is 0.866. The van der Waals surface area contributed by atoms with Gasteiger partial charge in [-0.1, -0.05) is 6.92 Å². The molecule has 0 saturated heterocycles. The second kappa shape index (κ2) is 4.88. The molecule has 0 aliphatic carbocycles. The lowest BCUT2D eigenvalue weighted by Gasteiger charge is -2.06. The lowest BCUT2D eigenvalue weighted by molar-refractivity contribution is 0.524. The van der Waals surface area contributed by atoms with Crippen molar-refractivity contribution in [1.29, 1.82) is 0 Å². The molecule has 0 fully saturated rings. The molecule has 6 nitrogen and oxygen atoms in total. The first kappa shape index (κ1) is 12.9. The molecular formula is C13H11BrN6S. The van der Waals surface area contributed by atoms with E-state index in [1.54, 1.807) is 28.4 Å². The van der Waals surface area contributed by atoms with Gasteiger partial charge in [-0.15, -0.1) is 16.4 Å². The minimum absolute atomic E-state index is 0.172. The van der Waals surface area contributed by atoms with Crippen LogP contribution in [0.1, 0.15) is 18.7 Å². The highest BCUT2D eigenvalue weighted by atomic mass is 79.9. The summed E-state index contributed by atoms with van der Waals surface area (Å²) in [5, 5.41) is 11.9. The van der Waals surface area contributed by atoms with Crippen LogP contribution in [0.15, 0.2) is 34.6 Å². The van der Waals surface area contributed by atoms with Gasteiger partial charge in [0, 0.05) is 12.1 Å². The number of hydrogen-bond donors (Lipinski definition) is 0. The third-order valence-electron chi connectivity index (χ3n) is 3.32. The Morgan fingerprint density at radius 3 is 3.14 bits per heavy atom. The van der Waals surface area contributed by atoms with E-state index < -0.39 is 0 Å². The standard InChI is InChI=1S/C13H11BrN6S/c1-8(5-19-6-9(14)4-16-19)11-17-12-10-2-3-21-13(10)15-7-20(12)18-11/h2-4,6-8H,5H2,1H3. The summed E-state index contributed by atoms with van der Waals surface area (Å²) < 4.78 is 4.61. The maximum Gasteiger partial charge on any atom is 0.167 e. The summed E-state index contributed by atoms with van der Waals surface area (Å²) in [5.74, 6) is 0.979. The molecule has 0 aliphatic heterocycles. The molecule has 0 N–H and O–H groups in total. The predicted molar refractivity (Wildman–Crippen MR) is 84.5 cm³/mol. The monoisotopic (exact) mass is 362 g/mol. The number of fused-ring (bicyclic) bond motifs is 3. The molecule has 0 saturated carbocycles. The third-order valence-corrected chi connectivity index (χ3v) is 4.55. The van der Waals surface area contributed by atoms with Crippen LogP contribution in [0.5, 0.6) is 0 Å². The van der Waals surface area contributed by atoms with Crippen LogP contribution in [0, 0.1) is 0 Å². The van der Waals surface area contributed by atoms with Crippen molar-refractivity contribution >= 4 is 43.1 Å². The van der Waals surface area contributed by atoms with Crippen molar-refractivity contribution in [3.63, 3.8) is 0 Å². The first-order valence-corrected chi connectivity index (χ1v) is 8.14. The number of halogens is 1. The highest BCUT2D eigenvalue weighted by molar-refractivity contribution is 9.10. The van der Waals surface area contributed by atoms with E-state index in [1.165, 1.54) is 0 Å². The van der Waals surface area contributed by atoms with Crippen molar-refractivity contribution in [1.82, 2.24) is 29.4 Å². The summed E-state index contributed by atoms with van der Waals surface area (Å²) in [4.78, 5) is 10.1. The molecule has 4 aromatic heterocycles. The molecule has 0 radical (unpaired) electrons. The average molecular weight is 363 g/mol. The van der Waals surface area contributed by atoms with E-state index >= 15 is 0 Å². The van der Waals surface area contributed by atoms with Crippen LogP contribution >= 0.6 is 27.3 Å². The normalized spacial score (nSPS) is 13.2. The molecule has 1 atom stereocenters. The number of thiophene rings is 1. The zero-order valence-corrected chi connectivity index (χ0v) is 13.5. The fourth-order valence-electron chi connectivity index (χ4n) is 2.29. The van der Waals surface area contributed by atoms with Gasteiger partial charge in [0.1, 0.15) is 11.2 Å². The Kier molecular flexibility index (Phi) is 3.00. The van der Waals surface area contributed by atoms with Crippen LogP contribution in [-0.2, 0) is 6.54 Å². The van der Waals surface area contributed by atoms with Gasteiger partial charge in [-0.05, 0) is 27.4 Å². The summed E-state index contributed by atoms with van der Waals surface area (Å²) in [6, 6.07) is 2.04. The number of rotatable bonds is 3. The maximum atomic E-state index is 4.68. The Morgan fingerprint density at radius 1 is 1.43 bits per heavy atom. The zero-order chi connectivity index (χ0) is 14.4. The Morgan fingerprint density at radius 2 is 2.33 bits per heavy atom. The SMILES string of the molecule is CC(Cn1cc(Br)cn1)c1nc2c3ccsc3ncn2n1. The van der Waals surface area contributed by atoms with E-state index in [-0.39, 0.29) is 5.92 Å². The maximum absolute atomic E-state index is 4.68. The molecule has 4 aromatic rings. The molecule has 0 bridgehead atoms. The van der Waals surface area contributed by atoms with Crippen LogP contribution in [0.25, 0.3) is 15.9 Å². The van der Waals surface area contributed by atoms with Crippen molar-refractivity contribution < 1.29 is 0 Å². The highest BCUT2D eigenvalue weighted by Gasteiger charge is 2.15. The molecule has 4 heterocycles. The van der Waals surface area contributed by atoms with E-state index in [1.807, 2.05) is 22.3 Å². The molecule has 0 aliphatic rings. The average Bonchev–Trinajstić information content (AvgIpc) is 3.15. The first-order chi connectivity index (χ1) is 10.2. The molecule has 0 spiro atoms. The number of aromatic nitrogens is 6. The van der Waals surface area contributed by atoms with Gasteiger partial charge in [-0.3, -0.25) is 4.68 Å². The molecule has 0 aromatic carbocycles. The zero-order valence-electron chi connectivity index (χ0n) is 11.1. The van der Waals surface area contributed by atoms with Crippen molar-refractivity contribution in [3.05, 3.63) is 40.5 Å². The number of hydrogen-bond acceptors (Lipinski definition) is 5. The summed E-state index contributed by atoms with van der Waals surface area (Å²) in [7, 11) is 0. The lowest BCUT2D eigenvalue weighted by Crippen LogP contribution is -2.08. The van der Waals surface area contributed by atoms with Gasteiger partial charge in [-0.25, -0.2) is 14.5 Å². The quantitative estimate of drug-likeness (QED) is 0.561. The van der Waals surface area contributed by atoms with Gasteiger partial charge in [0.15, 0.2) is 11.5 Å². The molecule has 1 unspecified atom stereocenters. The topological polar surface area (TPSA) is 60.9 Å². The van der Waals surface area contributed by atoms with Gasteiger partial charge in [-0.2, -0.15) is 5.10 Å². The summed E-state index contributed by atoms with van der Waals surface area (Å²) in [6.07, 6.45) is 5.45. The Bertz CT molecular complexity index is 923. The first-order valence-electron chi connectivity index (χ1n) is 6.47. The molecule has 0 amide bonds. The van der Waals surface area contributed by atoms with Gasteiger partial charge in [0.2, 0.25) is 0 Å². The van der Waals surface area contributed by atoms with Crippen LogP contribution in [0.2, 0.25) is 0 Å². The second-order valence-electron chi connectivity index (χ2n) is 4.90. The number of nitrogens with zero attached hydrogens (tertiary/aromatic N) is 6. The largest absolute Gasteiger partial charge is 0.271 e. The second-order valence-corrected chi connectivity index (χ2v) is 6.71. The lowest BCUT2D eigenvalue weighted by atomic mass is 10.2. The summed E-state index contributed by atoms with van der Waals surface area (Å²) >= 11 is 5.02. The fraction of sp³-hybridized carbons (Fsp3) is 0.231. The van der Waals surface area contributed by atoms with Crippen molar-refractivity contribution in [2.24, 2.45) is 0 Å². The van der Waals surface area contributed by atoms with Crippen LogP contribution in [0.4, 0.5) is 0 Å². The van der Waals surface area contributed by atoms with Gasteiger partial charge >= 0.3 is 0 Å². The summed E-state index contributed by atoms with van der Waals surface area (Å²) in [6.45, 7) is 2.84. The molecular weight excluding hydrogens is 352 g/mol. The smallest absolute Gasteiger partial charge is 0.167 e. The van der Waals surface area contributed by atoms with E-state index in [2.05, 4.69) is 43.0 Å². The van der Waals surface area contributed by atoms with Crippen LogP contribution in [0.3, 0.4) is 0 Å². The van der Waals surface area contributed by atoms with Gasteiger partial charge in [0.05, 0.1) is 22.6 Å². The molecule has 21 heavy (non-hydrogen) atoms. The minimum Gasteiger partial charge on any atom is -0.271 e.